The van der Waals surface area contributed by atoms with Crippen LogP contribution in [0.5, 0.6) is 0 Å². The van der Waals surface area contributed by atoms with Gasteiger partial charge in [0.2, 0.25) is 0 Å². The minimum absolute atomic E-state index is 0.516. The molecular formula is C9H11BrN2. The monoisotopic (exact) mass is 226 g/mol. The van der Waals surface area contributed by atoms with Crippen LogP contribution in [-0.4, -0.2) is 24.8 Å². The molecule has 0 saturated carbocycles. The lowest BCUT2D eigenvalue weighted by Crippen LogP contribution is -2.21. The van der Waals surface area contributed by atoms with Gasteiger partial charge in [0.15, 0.2) is 0 Å². The third kappa shape index (κ3) is 1.85. The van der Waals surface area contributed by atoms with E-state index < -0.39 is 0 Å². The molecule has 2 nitrogen and oxygen atoms in total. The molecule has 1 rings (SSSR count). The largest absolute Gasteiger partial charge is 0.363 e. The second-order valence-corrected chi connectivity index (χ2v) is 3.58. The van der Waals surface area contributed by atoms with E-state index in [-0.39, 0.29) is 0 Å². The summed E-state index contributed by atoms with van der Waals surface area (Å²) in [6.45, 7) is 0. The number of hydrogen-bond donors (Lipinski definition) is 1. The third-order valence-electron chi connectivity index (χ3n) is 1.58. The zero-order chi connectivity index (χ0) is 9.14. The van der Waals surface area contributed by atoms with E-state index in [0.29, 0.717) is 5.84 Å². The van der Waals surface area contributed by atoms with Crippen molar-refractivity contribution in [3.05, 3.63) is 34.3 Å². The molecule has 0 aliphatic carbocycles. The molecule has 0 unspecified atom stereocenters. The molecule has 0 aliphatic heterocycles. The summed E-state index contributed by atoms with van der Waals surface area (Å²) in [6, 6.07) is 7.73. The lowest BCUT2D eigenvalue weighted by molar-refractivity contribution is 0.619. The number of rotatable bonds is 1. The Morgan fingerprint density at radius 3 is 2.42 bits per heavy atom. The van der Waals surface area contributed by atoms with Crippen LogP contribution >= 0.6 is 15.9 Å². The molecule has 1 aromatic rings. The fourth-order valence-corrected chi connectivity index (χ4v) is 1.37. The average molecular weight is 227 g/mol. The van der Waals surface area contributed by atoms with E-state index in [1.54, 1.807) is 4.90 Å². The molecule has 0 heterocycles. The normalized spacial score (nSPS) is 9.58. The van der Waals surface area contributed by atoms with Gasteiger partial charge in [-0.05, 0) is 6.07 Å². The summed E-state index contributed by atoms with van der Waals surface area (Å²) in [4.78, 5) is 1.78. The van der Waals surface area contributed by atoms with Crippen molar-refractivity contribution in [2.24, 2.45) is 0 Å². The van der Waals surface area contributed by atoms with E-state index in [1.807, 2.05) is 38.4 Å². The van der Waals surface area contributed by atoms with Crippen LogP contribution in [0.15, 0.2) is 28.7 Å². The highest BCUT2D eigenvalue weighted by molar-refractivity contribution is 9.10. The fourth-order valence-electron chi connectivity index (χ4n) is 0.894. The van der Waals surface area contributed by atoms with Crippen LogP contribution in [-0.2, 0) is 0 Å². The number of benzene rings is 1. The maximum atomic E-state index is 7.72. The SMILES string of the molecule is CN(C)C(=N)c1ccccc1Br. The standard InChI is InChI=1S/C9H11BrN2/c1-12(2)9(11)7-5-3-4-6-8(7)10/h3-6,11H,1-2H3. The number of halogens is 1. The maximum absolute atomic E-state index is 7.72. The lowest BCUT2D eigenvalue weighted by Gasteiger charge is -2.14. The summed E-state index contributed by atoms with van der Waals surface area (Å²) in [7, 11) is 3.73. The zero-order valence-electron chi connectivity index (χ0n) is 7.13. The Morgan fingerprint density at radius 1 is 1.33 bits per heavy atom. The van der Waals surface area contributed by atoms with Crippen molar-refractivity contribution in [2.45, 2.75) is 0 Å². The van der Waals surface area contributed by atoms with E-state index in [4.69, 9.17) is 5.41 Å². The first-order chi connectivity index (χ1) is 5.63. The van der Waals surface area contributed by atoms with Gasteiger partial charge >= 0.3 is 0 Å². The molecule has 0 spiro atoms. The highest BCUT2D eigenvalue weighted by Gasteiger charge is 2.05. The predicted molar refractivity (Wildman–Crippen MR) is 54.7 cm³/mol. The van der Waals surface area contributed by atoms with Crippen LogP contribution in [0, 0.1) is 5.41 Å². The molecular weight excluding hydrogens is 216 g/mol. The summed E-state index contributed by atoms with van der Waals surface area (Å²) in [5, 5.41) is 7.72. The second-order valence-electron chi connectivity index (χ2n) is 2.72. The number of amidine groups is 1. The van der Waals surface area contributed by atoms with Crippen molar-refractivity contribution in [3.8, 4) is 0 Å². The Bertz CT molecular complexity index is 294. The quantitative estimate of drug-likeness (QED) is 0.578. The van der Waals surface area contributed by atoms with Gasteiger partial charge < -0.3 is 4.90 Å². The van der Waals surface area contributed by atoms with Gasteiger partial charge in [0, 0.05) is 24.1 Å². The highest BCUT2D eigenvalue weighted by atomic mass is 79.9. The van der Waals surface area contributed by atoms with Crippen LogP contribution < -0.4 is 0 Å². The van der Waals surface area contributed by atoms with Crippen molar-refractivity contribution in [3.63, 3.8) is 0 Å². The molecule has 0 radical (unpaired) electrons. The highest BCUT2D eigenvalue weighted by Crippen LogP contribution is 2.16. The zero-order valence-corrected chi connectivity index (χ0v) is 8.72. The molecule has 1 aromatic carbocycles. The smallest absolute Gasteiger partial charge is 0.128 e. The third-order valence-corrected chi connectivity index (χ3v) is 2.27. The number of hydrogen-bond acceptors (Lipinski definition) is 1. The lowest BCUT2D eigenvalue weighted by atomic mass is 10.2. The second kappa shape index (κ2) is 3.72. The van der Waals surface area contributed by atoms with Gasteiger partial charge in [0.05, 0.1) is 0 Å². The molecule has 0 amide bonds. The first-order valence-electron chi connectivity index (χ1n) is 3.63. The summed E-state index contributed by atoms with van der Waals surface area (Å²) in [5.74, 6) is 0.516. The van der Waals surface area contributed by atoms with E-state index in [9.17, 15) is 0 Å². The Hall–Kier alpha value is -0.830. The van der Waals surface area contributed by atoms with E-state index in [1.165, 1.54) is 0 Å². The van der Waals surface area contributed by atoms with Crippen molar-refractivity contribution >= 4 is 21.8 Å². The maximum Gasteiger partial charge on any atom is 0.128 e. The molecule has 0 atom stereocenters. The van der Waals surface area contributed by atoms with Crippen molar-refractivity contribution in [1.82, 2.24) is 4.90 Å². The van der Waals surface area contributed by atoms with Gasteiger partial charge in [0.25, 0.3) is 0 Å². The Morgan fingerprint density at radius 2 is 1.92 bits per heavy atom. The molecule has 0 fully saturated rings. The minimum atomic E-state index is 0.516. The summed E-state index contributed by atoms with van der Waals surface area (Å²) < 4.78 is 0.962. The summed E-state index contributed by atoms with van der Waals surface area (Å²) >= 11 is 3.40. The molecule has 0 aliphatic rings. The van der Waals surface area contributed by atoms with Crippen molar-refractivity contribution in [2.75, 3.05) is 14.1 Å². The fraction of sp³-hybridized carbons (Fsp3) is 0.222. The van der Waals surface area contributed by atoms with Gasteiger partial charge in [-0.2, -0.15) is 0 Å². The molecule has 64 valence electrons. The average Bonchev–Trinajstić information content (AvgIpc) is 2.04. The van der Waals surface area contributed by atoms with E-state index >= 15 is 0 Å². The minimum Gasteiger partial charge on any atom is -0.363 e. The van der Waals surface area contributed by atoms with Gasteiger partial charge in [0.1, 0.15) is 5.84 Å². The van der Waals surface area contributed by atoms with Gasteiger partial charge in [-0.3, -0.25) is 5.41 Å². The molecule has 0 aromatic heterocycles. The summed E-state index contributed by atoms with van der Waals surface area (Å²) in [5.41, 5.74) is 0.919. The first-order valence-corrected chi connectivity index (χ1v) is 4.43. The topological polar surface area (TPSA) is 27.1 Å². The van der Waals surface area contributed by atoms with Crippen LogP contribution in [0.25, 0.3) is 0 Å². The Labute approximate surface area is 80.8 Å². The molecule has 12 heavy (non-hydrogen) atoms. The molecule has 1 N–H and O–H groups in total. The van der Waals surface area contributed by atoms with Crippen molar-refractivity contribution < 1.29 is 0 Å². The van der Waals surface area contributed by atoms with Crippen molar-refractivity contribution in [1.29, 1.82) is 5.41 Å². The Kier molecular flexibility index (Phi) is 2.87. The van der Waals surface area contributed by atoms with Crippen LogP contribution in [0.1, 0.15) is 5.56 Å². The number of nitrogens with one attached hydrogen (secondary N) is 1. The Balaban J connectivity index is 3.03. The van der Waals surface area contributed by atoms with E-state index in [0.717, 1.165) is 10.0 Å². The predicted octanol–water partition coefficient (Wildman–Crippen LogP) is 2.34. The number of nitrogens with zero attached hydrogens (tertiary/aromatic N) is 1. The van der Waals surface area contributed by atoms with Gasteiger partial charge in [-0.15, -0.1) is 0 Å². The van der Waals surface area contributed by atoms with E-state index in [2.05, 4.69) is 15.9 Å². The van der Waals surface area contributed by atoms with Gasteiger partial charge in [-0.1, -0.05) is 34.1 Å². The van der Waals surface area contributed by atoms with Crippen LogP contribution in [0.4, 0.5) is 0 Å². The summed E-state index contributed by atoms with van der Waals surface area (Å²) in [6.07, 6.45) is 0. The van der Waals surface area contributed by atoms with Crippen LogP contribution in [0.2, 0.25) is 0 Å². The van der Waals surface area contributed by atoms with Crippen LogP contribution in [0.3, 0.4) is 0 Å². The molecule has 0 bridgehead atoms. The molecule has 3 heteroatoms. The van der Waals surface area contributed by atoms with Gasteiger partial charge in [-0.25, -0.2) is 0 Å². The first kappa shape index (κ1) is 9.26. The molecule has 0 saturated heterocycles.